The summed E-state index contributed by atoms with van der Waals surface area (Å²) in [5.74, 6) is 0.965. The van der Waals surface area contributed by atoms with Gasteiger partial charge in [-0.2, -0.15) is 0 Å². The van der Waals surface area contributed by atoms with Crippen molar-refractivity contribution < 1.29 is 0 Å². The van der Waals surface area contributed by atoms with E-state index in [4.69, 9.17) is 0 Å². The molecule has 1 rings (SSSR count). The van der Waals surface area contributed by atoms with E-state index >= 15 is 0 Å². The molecule has 1 saturated carbocycles. The van der Waals surface area contributed by atoms with E-state index in [9.17, 15) is 0 Å². The number of likely N-dealkylation sites (N-methyl/N-ethyl adjacent to an activating group) is 1. The Hall–Kier alpha value is -0.0800. The van der Waals surface area contributed by atoms with Crippen molar-refractivity contribution in [2.45, 2.75) is 97.6 Å². The molecule has 0 radical (unpaired) electrons. The minimum Gasteiger partial charge on any atom is -0.312 e. The lowest BCUT2D eigenvalue weighted by atomic mass is 9.77. The van der Waals surface area contributed by atoms with Gasteiger partial charge in [-0.15, -0.1) is 0 Å². The maximum absolute atomic E-state index is 3.95. The lowest BCUT2D eigenvalue weighted by Crippen LogP contribution is -2.61. The number of nitrogens with one attached hydrogen (secondary N) is 1. The van der Waals surface area contributed by atoms with Gasteiger partial charge in [0.1, 0.15) is 0 Å². The molecule has 1 atom stereocenters. The third-order valence-electron chi connectivity index (χ3n) is 5.95. The highest BCUT2D eigenvalue weighted by atomic mass is 15.2. The zero-order valence-corrected chi connectivity index (χ0v) is 15.4. The van der Waals surface area contributed by atoms with E-state index in [-0.39, 0.29) is 0 Å². The molecule has 0 aromatic rings. The summed E-state index contributed by atoms with van der Waals surface area (Å²) in [7, 11) is 0. The third-order valence-corrected chi connectivity index (χ3v) is 5.95. The average Bonchev–Trinajstić information content (AvgIpc) is 3.02. The summed E-state index contributed by atoms with van der Waals surface area (Å²) in [6, 6.07) is 0.662. The molecule has 0 saturated heterocycles. The summed E-state index contributed by atoms with van der Waals surface area (Å²) in [5, 5.41) is 3.95. The molecule has 0 aromatic heterocycles. The molecule has 0 aliphatic heterocycles. The highest BCUT2D eigenvalue weighted by Gasteiger charge is 2.40. The fraction of sp³-hybridized carbons (Fsp3) is 1.00. The third kappa shape index (κ3) is 4.69. The van der Waals surface area contributed by atoms with E-state index in [0.29, 0.717) is 11.6 Å². The Morgan fingerprint density at radius 3 is 2.00 bits per heavy atom. The Kier molecular flexibility index (Phi) is 8.89. The highest BCUT2D eigenvalue weighted by molar-refractivity contribution is 4.99. The van der Waals surface area contributed by atoms with E-state index in [1.807, 2.05) is 0 Å². The molecule has 0 heterocycles. The van der Waals surface area contributed by atoms with Crippen molar-refractivity contribution in [3.8, 4) is 0 Å². The van der Waals surface area contributed by atoms with Crippen LogP contribution in [0, 0.1) is 5.92 Å². The van der Waals surface area contributed by atoms with Crippen LogP contribution >= 0.6 is 0 Å². The first-order chi connectivity index (χ1) is 10.2. The summed E-state index contributed by atoms with van der Waals surface area (Å²) in [6.07, 6.45) is 11.0. The van der Waals surface area contributed by atoms with Gasteiger partial charge in [0.05, 0.1) is 0 Å². The first-order valence-electron chi connectivity index (χ1n) is 9.66. The first-order valence-corrected chi connectivity index (χ1v) is 9.66. The van der Waals surface area contributed by atoms with Crippen LogP contribution < -0.4 is 5.32 Å². The van der Waals surface area contributed by atoms with Gasteiger partial charge >= 0.3 is 0 Å². The predicted molar refractivity (Wildman–Crippen MR) is 94.9 cm³/mol. The van der Waals surface area contributed by atoms with Crippen LogP contribution in [-0.4, -0.2) is 36.1 Å². The lowest BCUT2D eigenvalue weighted by Gasteiger charge is -2.49. The van der Waals surface area contributed by atoms with Gasteiger partial charge in [0.25, 0.3) is 0 Å². The van der Waals surface area contributed by atoms with Crippen LogP contribution in [0.25, 0.3) is 0 Å². The summed E-state index contributed by atoms with van der Waals surface area (Å²) in [5.41, 5.74) is 0.348. The van der Waals surface area contributed by atoms with Gasteiger partial charge in [-0.3, -0.25) is 4.90 Å². The van der Waals surface area contributed by atoms with Gasteiger partial charge in [-0.1, -0.05) is 60.3 Å². The van der Waals surface area contributed by atoms with Gasteiger partial charge < -0.3 is 5.32 Å². The van der Waals surface area contributed by atoms with Crippen molar-refractivity contribution in [3.63, 3.8) is 0 Å². The zero-order chi connectivity index (χ0) is 15.7. The molecule has 2 heteroatoms. The normalized spacial score (nSPS) is 18.6. The van der Waals surface area contributed by atoms with Crippen molar-refractivity contribution in [1.29, 1.82) is 0 Å². The van der Waals surface area contributed by atoms with Crippen LogP contribution in [0.2, 0.25) is 0 Å². The van der Waals surface area contributed by atoms with Gasteiger partial charge in [0.2, 0.25) is 0 Å². The number of hydrogen-bond donors (Lipinski definition) is 1. The zero-order valence-electron chi connectivity index (χ0n) is 15.4. The predicted octanol–water partition coefficient (Wildman–Crippen LogP) is 4.84. The SMILES string of the molecule is CCCNC(CC1CCCC1)C(CC)(CC)N(CC)CC. The molecule has 1 N–H and O–H groups in total. The standard InChI is InChI=1S/C19H40N2/c1-6-15-20-18(16-17-13-11-12-14-17)19(7-2,8-3)21(9-4)10-5/h17-18,20H,6-16H2,1-5H3. The molecule has 0 aromatic carbocycles. The largest absolute Gasteiger partial charge is 0.312 e. The van der Waals surface area contributed by atoms with Crippen molar-refractivity contribution in [1.82, 2.24) is 10.2 Å². The molecule has 1 unspecified atom stereocenters. The molecular weight excluding hydrogens is 256 g/mol. The minimum absolute atomic E-state index is 0.348. The Balaban J connectivity index is 2.91. The van der Waals surface area contributed by atoms with Crippen molar-refractivity contribution >= 4 is 0 Å². The topological polar surface area (TPSA) is 15.3 Å². The van der Waals surface area contributed by atoms with Crippen LogP contribution in [0.15, 0.2) is 0 Å². The molecule has 0 spiro atoms. The average molecular weight is 297 g/mol. The van der Waals surface area contributed by atoms with E-state index in [1.54, 1.807) is 0 Å². The molecule has 1 aliphatic rings. The van der Waals surface area contributed by atoms with E-state index < -0.39 is 0 Å². The van der Waals surface area contributed by atoms with Crippen molar-refractivity contribution in [3.05, 3.63) is 0 Å². The second-order valence-corrected chi connectivity index (χ2v) is 6.88. The highest BCUT2D eigenvalue weighted by Crippen LogP contribution is 2.36. The Bertz CT molecular complexity index is 250. The molecule has 1 aliphatic carbocycles. The molecule has 0 bridgehead atoms. The molecule has 126 valence electrons. The minimum atomic E-state index is 0.348. The Morgan fingerprint density at radius 1 is 1.00 bits per heavy atom. The molecule has 21 heavy (non-hydrogen) atoms. The lowest BCUT2D eigenvalue weighted by molar-refractivity contribution is 0.0402. The van der Waals surface area contributed by atoms with Crippen LogP contribution in [0.5, 0.6) is 0 Å². The van der Waals surface area contributed by atoms with Crippen molar-refractivity contribution in [2.75, 3.05) is 19.6 Å². The van der Waals surface area contributed by atoms with Gasteiger partial charge in [0, 0.05) is 11.6 Å². The summed E-state index contributed by atoms with van der Waals surface area (Å²) in [4.78, 5) is 2.73. The second-order valence-electron chi connectivity index (χ2n) is 6.88. The van der Waals surface area contributed by atoms with Gasteiger partial charge in [-0.25, -0.2) is 0 Å². The Morgan fingerprint density at radius 2 is 1.57 bits per heavy atom. The summed E-state index contributed by atoms with van der Waals surface area (Å²) in [6.45, 7) is 15.3. The number of rotatable bonds is 11. The van der Waals surface area contributed by atoms with Gasteiger partial charge in [0.15, 0.2) is 0 Å². The fourth-order valence-corrected chi connectivity index (χ4v) is 4.65. The maximum atomic E-state index is 3.95. The van der Waals surface area contributed by atoms with Crippen molar-refractivity contribution in [2.24, 2.45) is 5.92 Å². The quantitative estimate of drug-likeness (QED) is 0.587. The summed E-state index contributed by atoms with van der Waals surface area (Å²) < 4.78 is 0. The number of nitrogens with zero attached hydrogens (tertiary/aromatic N) is 1. The monoisotopic (exact) mass is 296 g/mol. The second kappa shape index (κ2) is 9.84. The Labute approximate surface area is 134 Å². The van der Waals surface area contributed by atoms with Gasteiger partial charge in [-0.05, 0) is 51.2 Å². The van der Waals surface area contributed by atoms with Crippen LogP contribution in [0.1, 0.15) is 86.0 Å². The number of hydrogen-bond acceptors (Lipinski definition) is 2. The van der Waals surface area contributed by atoms with E-state index in [2.05, 4.69) is 44.8 Å². The summed E-state index contributed by atoms with van der Waals surface area (Å²) >= 11 is 0. The molecule has 2 nitrogen and oxygen atoms in total. The van der Waals surface area contributed by atoms with Crippen LogP contribution in [-0.2, 0) is 0 Å². The van der Waals surface area contributed by atoms with E-state index in [0.717, 1.165) is 5.92 Å². The van der Waals surface area contributed by atoms with Crippen LogP contribution in [0.4, 0.5) is 0 Å². The molecular formula is C19H40N2. The van der Waals surface area contributed by atoms with E-state index in [1.165, 1.54) is 71.0 Å². The fourth-order valence-electron chi connectivity index (χ4n) is 4.65. The smallest absolute Gasteiger partial charge is 0.0357 e. The molecule has 0 amide bonds. The van der Waals surface area contributed by atoms with Crippen LogP contribution in [0.3, 0.4) is 0 Å². The maximum Gasteiger partial charge on any atom is 0.0357 e. The molecule has 1 fully saturated rings. The first kappa shape index (κ1) is 19.0.